The third-order valence-corrected chi connectivity index (χ3v) is 5.00. The summed E-state index contributed by atoms with van der Waals surface area (Å²) in [6.07, 6.45) is 4.50. The fourth-order valence-electron chi connectivity index (χ4n) is 2.95. The molecule has 1 unspecified atom stereocenters. The summed E-state index contributed by atoms with van der Waals surface area (Å²) in [7, 11) is 1.65. The van der Waals surface area contributed by atoms with Gasteiger partial charge >= 0.3 is 0 Å². The van der Waals surface area contributed by atoms with E-state index in [1.807, 2.05) is 0 Å². The first-order valence-electron chi connectivity index (χ1n) is 8.55. The smallest absolute Gasteiger partial charge is 0.255 e. The molecule has 1 heterocycles. The van der Waals surface area contributed by atoms with Crippen LogP contribution in [0.15, 0.2) is 32.7 Å². The van der Waals surface area contributed by atoms with Crippen LogP contribution in [-0.4, -0.2) is 37.2 Å². The van der Waals surface area contributed by atoms with Crippen molar-refractivity contribution >= 4 is 18.5 Å². The molecule has 0 spiro atoms. The van der Waals surface area contributed by atoms with Crippen LogP contribution in [0.1, 0.15) is 46.5 Å². The normalized spacial score (nSPS) is 26.8. The average molecular weight is 330 g/mol. The van der Waals surface area contributed by atoms with Crippen molar-refractivity contribution in [2.45, 2.75) is 58.0 Å². The number of amides is 1. The molecule has 0 aromatic heterocycles. The number of allylic oxidation sites excluding steroid dienone is 1. The number of carbonyl (C=O) groups is 1. The molecule has 0 radical (unpaired) electrons. The van der Waals surface area contributed by atoms with Crippen molar-refractivity contribution in [2.24, 2.45) is 15.9 Å². The van der Waals surface area contributed by atoms with Crippen molar-refractivity contribution < 1.29 is 9.53 Å². The predicted molar refractivity (Wildman–Crippen MR) is 94.8 cm³/mol. The molecule has 1 amide bonds. The Bertz CT molecular complexity index is 667. The maximum atomic E-state index is 12.8. The second-order valence-corrected chi connectivity index (χ2v) is 7.23. The van der Waals surface area contributed by atoms with Gasteiger partial charge in [0.1, 0.15) is 11.6 Å². The molecule has 1 aliphatic heterocycles. The fourth-order valence-corrected chi connectivity index (χ4v) is 2.95. The van der Waals surface area contributed by atoms with Gasteiger partial charge in [0, 0.05) is 18.6 Å². The minimum atomic E-state index is -0.135. The summed E-state index contributed by atoms with van der Waals surface area (Å²) in [4.78, 5) is 21.2. The lowest BCUT2D eigenvalue weighted by molar-refractivity contribution is -0.118. The van der Waals surface area contributed by atoms with Crippen LogP contribution in [0.4, 0.5) is 0 Å². The minimum absolute atomic E-state index is 0.0156. The van der Waals surface area contributed by atoms with E-state index >= 15 is 0 Å². The van der Waals surface area contributed by atoms with Crippen molar-refractivity contribution in [2.75, 3.05) is 7.05 Å². The summed E-state index contributed by atoms with van der Waals surface area (Å²) in [6, 6.07) is 0.163. The van der Waals surface area contributed by atoms with Gasteiger partial charge in [-0.1, -0.05) is 0 Å². The summed E-state index contributed by atoms with van der Waals surface area (Å²) in [6.45, 7) is 9.63. The SMILES string of the molecule is C=N/C(NC1(C)CC1)=C1/C(C(=O)NC(C)C2CC2)=C(C)O/C1=N/C. The van der Waals surface area contributed by atoms with E-state index in [0.717, 1.165) is 12.8 Å². The van der Waals surface area contributed by atoms with Gasteiger partial charge in [-0.2, -0.15) is 0 Å². The number of carbonyl (C=O) groups excluding carboxylic acids is 1. The van der Waals surface area contributed by atoms with E-state index in [9.17, 15) is 4.79 Å². The highest BCUT2D eigenvalue weighted by molar-refractivity contribution is 6.14. The number of ether oxygens (including phenoxy) is 1. The molecule has 3 rings (SSSR count). The quantitative estimate of drug-likeness (QED) is 0.734. The lowest BCUT2D eigenvalue weighted by atomic mass is 10.0. The second-order valence-electron chi connectivity index (χ2n) is 7.23. The average Bonchev–Trinajstić information content (AvgIpc) is 3.45. The molecule has 130 valence electrons. The molecule has 0 bridgehead atoms. The topological polar surface area (TPSA) is 75.1 Å². The largest absolute Gasteiger partial charge is 0.442 e. The van der Waals surface area contributed by atoms with Gasteiger partial charge in [0.2, 0.25) is 5.90 Å². The van der Waals surface area contributed by atoms with Crippen LogP contribution < -0.4 is 10.6 Å². The Kier molecular flexibility index (Phi) is 4.24. The summed E-state index contributed by atoms with van der Waals surface area (Å²) >= 11 is 0. The van der Waals surface area contributed by atoms with Crippen LogP contribution in [0.5, 0.6) is 0 Å². The van der Waals surface area contributed by atoms with E-state index < -0.39 is 0 Å². The molecule has 1 atom stereocenters. The first-order valence-corrected chi connectivity index (χ1v) is 8.55. The van der Waals surface area contributed by atoms with Gasteiger partial charge in [-0.3, -0.25) is 9.79 Å². The molecule has 24 heavy (non-hydrogen) atoms. The molecule has 6 heteroatoms. The van der Waals surface area contributed by atoms with Crippen LogP contribution in [-0.2, 0) is 9.53 Å². The third-order valence-electron chi connectivity index (χ3n) is 5.00. The highest BCUT2D eigenvalue weighted by atomic mass is 16.5. The van der Waals surface area contributed by atoms with E-state index in [-0.39, 0.29) is 17.5 Å². The van der Waals surface area contributed by atoms with Crippen LogP contribution in [0, 0.1) is 5.92 Å². The van der Waals surface area contributed by atoms with Crippen molar-refractivity contribution in [1.82, 2.24) is 10.6 Å². The number of aliphatic imine (C=N–C) groups is 2. The summed E-state index contributed by atoms with van der Waals surface area (Å²) < 4.78 is 5.72. The van der Waals surface area contributed by atoms with E-state index in [0.29, 0.717) is 34.5 Å². The van der Waals surface area contributed by atoms with Gasteiger partial charge in [0.25, 0.3) is 5.91 Å². The van der Waals surface area contributed by atoms with E-state index in [2.05, 4.69) is 41.2 Å². The Morgan fingerprint density at radius 3 is 2.58 bits per heavy atom. The number of hydrogen-bond donors (Lipinski definition) is 2. The summed E-state index contributed by atoms with van der Waals surface area (Å²) in [5, 5.41) is 6.48. The lowest BCUT2D eigenvalue weighted by Gasteiger charge is -2.17. The summed E-state index contributed by atoms with van der Waals surface area (Å²) in [5.74, 6) is 1.98. The highest BCUT2D eigenvalue weighted by Crippen LogP contribution is 2.38. The molecule has 2 saturated carbocycles. The Morgan fingerprint density at radius 1 is 1.42 bits per heavy atom. The van der Waals surface area contributed by atoms with Crippen molar-refractivity contribution in [3.05, 3.63) is 22.7 Å². The maximum Gasteiger partial charge on any atom is 0.255 e. The Morgan fingerprint density at radius 2 is 2.08 bits per heavy atom. The first-order chi connectivity index (χ1) is 11.4. The van der Waals surface area contributed by atoms with Crippen LogP contribution in [0.3, 0.4) is 0 Å². The first kappa shape index (κ1) is 16.7. The Labute approximate surface area is 143 Å². The predicted octanol–water partition coefficient (Wildman–Crippen LogP) is 2.29. The number of hydrogen-bond acceptors (Lipinski definition) is 5. The fraction of sp³-hybridized carbons (Fsp3) is 0.611. The van der Waals surface area contributed by atoms with Crippen LogP contribution in [0.25, 0.3) is 0 Å². The van der Waals surface area contributed by atoms with Gasteiger partial charge in [-0.05, 0) is 59.1 Å². The zero-order chi connectivity index (χ0) is 17.5. The molecule has 2 N–H and O–H groups in total. The van der Waals surface area contributed by atoms with Crippen molar-refractivity contribution in [1.29, 1.82) is 0 Å². The lowest BCUT2D eigenvalue weighted by Crippen LogP contribution is -2.36. The standard InChI is InChI=1S/C18H26N4O2/c1-10(12-6-7-12)21-16(23)13-11(2)24-17(20-5)14(13)15(19-4)22-18(3)8-9-18/h10,12,22H,4,6-9H2,1-3,5H3,(H,21,23)/b15-14+,20-17+. The highest BCUT2D eigenvalue weighted by Gasteiger charge is 2.41. The van der Waals surface area contributed by atoms with Gasteiger partial charge in [-0.15, -0.1) is 0 Å². The third kappa shape index (κ3) is 3.23. The molecule has 2 fully saturated rings. The van der Waals surface area contributed by atoms with Crippen molar-refractivity contribution in [3.63, 3.8) is 0 Å². The van der Waals surface area contributed by atoms with Gasteiger partial charge < -0.3 is 15.4 Å². The maximum absolute atomic E-state index is 12.8. The number of nitrogens with one attached hydrogen (secondary N) is 2. The second kappa shape index (κ2) is 6.07. The Balaban J connectivity index is 1.92. The molecule has 0 saturated heterocycles. The summed E-state index contributed by atoms with van der Waals surface area (Å²) in [5.41, 5.74) is 1.13. The zero-order valence-corrected chi connectivity index (χ0v) is 14.9. The van der Waals surface area contributed by atoms with Crippen LogP contribution in [0.2, 0.25) is 0 Å². The molecular weight excluding hydrogens is 304 g/mol. The number of nitrogens with zero attached hydrogens (tertiary/aromatic N) is 2. The van der Waals surface area contributed by atoms with Crippen molar-refractivity contribution in [3.8, 4) is 0 Å². The molecule has 0 aromatic carbocycles. The van der Waals surface area contributed by atoms with Crippen LogP contribution >= 0.6 is 0 Å². The monoisotopic (exact) mass is 330 g/mol. The zero-order valence-electron chi connectivity index (χ0n) is 14.9. The molecular formula is C18H26N4O2. The molecule has 3 aliphatic rings. The van der Waals surface area contributed by atoms with Gasteiger partial charge in [0.05, 0.1) is 11.1 Å². The van der Waals surface area contributed by atoms with Gasteiger partial charge in [-0.25, -0.2) is 4.99 Å². The molecule has 6 nitrogen and oxygen atoms in total. The van der Waals surface area contributed by atoms with E-state index in [1.165, 1.54) is 12.8 Å². The van der Waals surface area contributed by atoms with E-state index in [4.69, 9.17) is 4.74 Å². The van der Waals surface area contributed by atoms with Gasteiger partial charge in [0.15, 0.2) is 0 Å². The van der Waals surface area contributed by atoms with E-state index in [1.54, 1.807) is 14.0 Å². The molecule has 2 aliphatic carbocycles. The molecule has 0 aromatic rings. The Hall–Kier alpha value is -2.11. The number of rotatable bonds is 6. The minimum Gasteiger partial charge on any atom is -0.442 e.